The van der Waals surface area contributed by atoms with Gasteiger partial charge in [-0.1, -0.05) is 58.6 Å². The molecular weight excluding hydrogens is 452 g/mol. The average Bonchev–Trinajstić information content (AvgIpc) is 3.08. The van der Waals surface area contributed by atoms with Gasteiger partial charge in [0.1, 0.15) is 0 Å². The van der Waals surface area contributed by atoms with Gasteiger partial charge in [-0.2, -0.15) is 0 Å². The van der Waals surface area contributed by atoms with E-state index in [9.17, 15) is 14.7 Å². The lowest BCUT2D eigenvalue weighted by Crippen LogP contribution is -2.64. The molecule has 1 aliphatic heterocycles. The molecule has 8 atom stereocenters. The lowest BCUT2D eigenvalue weighted by molar-refractivity contribution is -0.295. The number of ether oxygens (including phenoxy) is 2. The molecule has 0 unspecified atom stereocenters. The van der Waals surface area contributed by atoms with Crippen LogP contribution < -0.4 is 0 Å². The third-order valence-electron chi connectivity index (χ3n) is 11.5. The van der Waals surface area contributed by atoms with E-state index in [0.717, 1.165) is 36.2 Å². The number of carbonyl (C=O) groups excluding carboxylic acids is 2. The molecule has 0 aromatic carbocycles. The maximum atomic E-state index is 12.7. The SMILES string of the molecule is CC(C)CCC[C@@H](C)[C@H]1CC[C@H]2[C@@H]3CC=C4C[C@H](O)CC5(OC(=O)CCC(=O)O5)[C@]4(C)[C@H]3CC[C@]12C. The summed E-state index contributed by atoms with van der Waals surface area (Å²) in [5.41, 5.74) is 0.899. The zero-order valence-electron chi connectivity index (χ0n) is 23.2. The lowest BCUT2D eigenvalue weighted by atomic mass is 9.45. The summed E-state index contributed by atoms with van der Waals surface area (Å²) >= 11 is 0. The normalized spacial score (nSPS) is 42.5. The van der Waals surface area contributed by atoms with Gasteiger partial charge in [-0.05, 0) is 86.4 Å². The topological polar surface area (TPSA) is 72.8 Å². The van der Waals surface area contributed by atoms with E-state index >= 15 is 0 Å². The molecule has 0 aromatic rings. The Hall–Kier alpha value is -1.36. The van der Waals surface area contributed by atoms with Gasteiger partial charge >= 0.3 is 11.9 Å². The number of fused-ring (bicyclic) bond motifs is 6. The molecule has 1 spiro atoms. The summed E-state index contributed by atoms with van der Waals surface area (Å²) in [5.74, 6) is 1.57. The van der Waals surface area contributed by atoms with Crippen molar-refractivity contribution in [2.24, 2.45) is 46.3 Å². The fourth-order valence-electron chi connectivity index (χ4n) is 9.75. The number of hydrogen-bond donors (Lipinski definition) is 1. The van der Waals surface area contributed by atoms with Gasteiger partial charge < -0.3 is 14.6 Å². The van der Waals surface area contributed by atoms with Crippen LogP contribution in [0.1, 0.15) is 112 Å². The molecule has 0 bridgehead atoms. The summed E-state index contributed by atoms with van der Waals surface area (Å²) in [6.45, 7) is 11.9. The molecule has 0 amide bonds. The van der Waals surface area contributed by atoms with E-state index in [1.54, 1.807) is 0 Å². The maximum absolute atomic E-state index is 12.7. The van der Waals surface area contributed by atoms with Crippen LogP contribution in [0.15, 0.2) is 11.6 Å². The highest BCUT2D eigenvalue weighted by atomic mass is 16.7. The Morgan fingerprint density at radius 2 is 1.69 bits per heavy atom. The van der Waals surface area contributed by atoms with E-state index in [4.69, 9.17) is 9.47 Å². The second-order valence-corrected chi connectivity index (χ2v) is 13.8. The summed E-state index contributed by atoms with van der Waals surface area (Å²) in [5, 5.41) is 10.8. The second kappa shape index (κ2) is 9.43. The predicted octanol–water partition coefficient (Wildman–Crippen LogP) is 6.58. The van der Waals surface area contributed by atoms with Crippen molar-refractivity contribution < 1.29 is 24.2 Å². The Morgan fingerprint density at radius 3 is 2.36 bits per heavy atom. The monoisotopic (exact) mass is 500 g/mol. The highest BCUT2D eigenvalue weighted by Crippen LogP contribution is 2.69. The molecule has 0 aromatic heterocycles. The first-order chi connectivity index (χ1) is 17.0. The minimum absolute atomic E-state index is 0.0526. The third-order valence-corrected chi connectivity index (χ3v) is 11.5. The van der Waals surface area contributed by atoms with Crippen LogP contribution in [-0.2, 0) is 19.1 Å². The standard InChI is InChI=1S/C31H48O5/c1-19(2)7-6-8-20(3)24-11-12-25-23-10-9-21-17-22(32)18-31(35-27(33)13-14-28(34)36-31)30(21,5)26(23)15-16-29(24,25)4/h9,19-20,22-26,32H,6-8,10-18H2,1-5H3/t20-,22+,23+,24-,25+,26+,29-,30+/m1/s1. The van der Waals surface area contributed by atoms with E-state index in [1.165, 1.54) is 38.5 Å². The summed E-state index contributed by atoms with van der Waals surface area (Å²) in [6.07, 6.45) is 12.3. The highest BCUT2D eigenvalue weighted by molar-refractivity contribution is 5.80. The molecule has 5 aliphatic rings. The van der Waals surface area contributed by atoms with E-state index in [-0.39, 0.29) is 37.1 Å². The molecule has 1 saturated heterocycles. The van der Waals surface area contributed by atoms with Crippen molar-refractivity contribution >= 4 is 11.9 Å². The zero-order valence-corrected chi connectivity index (χ0v) is 23.2. The number of rotatable bonds is 5. The molecule has 0 radical (unpaired) electrons. The first-order valence-electron chi connectivity index (χ1n) is 14.8. The number of aliphatic hydroxyl groups is 1. The quantitative estimate of drug-likeness (QED) is 0.341. The Balaban J connectivity index is 1.44. The average molecular weight is 501 g/mol. The first-order valence-corrected chi connectivity index (χ1v) is 14.8. The van der Waals surface area contributed by atoms with Gasteiger partial charge in [-0.15, -0.1) is 0 Å². The smallest absolute Gasteiger partial charge is 0.309 e. The Bertz CT molecular complexity index is 889. The van der Waals surface area contributed by atoms with Crippen molar-refractivity contribution in [3.63, 3.8) is 0 Å². The number of aliphatic hydroxyl groups excluding tert-OH is 1. The number of carbonyl (C=O) groups is 2. The summed E-state index contributed by atoms with van der Waals surface area (Å²) < 4.78 is 12.2. The molecule has 1 heterocycles. The van der Waals surface area contributed by atoms with Crippen LogP contribution in [0.4, 0.5) is 0 Å². The molecule has 1 N–H and O–H groups in total. The van der Waals surface area contributed by atoms with Crippen molar-refractivity contribution in [1.82, 2.24) is 0 Å². The lowest BCUT2D eigenvalue weighted by Gasteiger charge is -2.62. The zero-order chi connectivity index (χ0) is 25.9. The van der Waals surface area contributed by atoms with Crippen LogP contribution in [0, 0.1) is 46.3 Å². The minimum Gasteiger partial charge on any atom is -0.421 e. The van der Waals surface area contributed by atoms with Crippen molar-refractivity contribution in [1.29, 1.82) is 0 Å². The number of hydrogen-bond acceptors (Lipinski definition) is 5. The van der Waals surface area contributed by atoms with E-state index in [0.29, 0.717) is 23.7 Å². The molecule has 4 aliphatic carbocycles. The molecule has 5 rings (SSSR count). The van der Waals surface area contributed by atoms with Crippen molar-refractivity contribution in [2.45, 2.75) is 124 Å². The van der Waals surface area contributed by atoms with Crippen LogP contribution in [-0.4, -0.2) is 28.9 Å². The van der Waals surface area contributed by atoms with Gasteiger partial charge in [0.25, 0.3) is 5.79 Å². The largest absolute Gasteiger partial charge is 0.421 e. The Labute approximate surface area is 217 Å². The molecule has 202 valence electrons. The Morgan fingerprint density at radius 1 is 1.00 bits per heavy atom. The predicted molar refractivity (Wildman–Crippen MR) is 139 cm³/mol. The van der Waals surface area contributed by atoms with Crippen LogP contribution in [0.25, 0.3) is 0 Å². The maximum Gasteiger partial charge on any atom is 0.309 e. The van der Waals surface area contributed by atoms with Crippen molar-refractivity contribution in [3.05, 3.63) is 11.6 Å². The first kappa shape index (κ1) is 26.3. The van der Waals surface area contributed by atoms with Crippen molar-refractivity contribution in [3.8, 4) is 0 Å². The molecule has 5 heteroatoms. The summed E-state index contributed by atoms with van der Waals surface area (Å²) in [4.78, 5) is 25.4. The van der Waals surface area contributed by atoms with Gasteiger partial charge in [0.05, 0.1) is 30.8 Å². The number of allylic oxidation sites excluding steroid dienone is 1. The molecular formula is C31H48O5. The summed E-state index contributed by atoms with van der Waals surface area (Å²) in [6, 6.07) is 0. The third kappa shape index (κ3) is 4.07. The fraction of sp³-hybridized carbons (Fsp3) is 0.871. The molecule has 5 nitrogen and oxygen atoms in total. The second-order valence-electron chi connectivity index (χ2n) is 13.8. The van der Waals surface area contributed by atoms with Gasteiger partial charge in [0, 0.05) is 0 Å². The van der Waals surface area contributed by atoms with Crippen LogP contribution >= 0.6 is 0 Å². The van der Waals surface area contributed by atoms with Crippen LogP contribution in [0.2, 0.25) is 0 Å². The van der Waals surface area contributed by atoms with Gasteiger partial charge in [0.15, 0.2) is 0 Å². The molecule has 36 heavy (non-hydrogen) atoms. The van der Waals surface area contributed by atoms with Gasteiger partial charge in [0.2, 0.25) is 0 Å². The minimum atomic E-state index is -1.39. The molecule has 3 saturated carbocycles. The number of esters is 2. The van der Waals surface area contributed by atoms with Gasteiger partial charge in [-0.25, -0.2) is 0 Å². The molecule has 4 fully saturated rings. The Kier molecular flexibility index (Phi) is 6.88. The summed E-state index contributed by atoms with van der Waals surface area (Å²) in [7, 11) is 0. The van der Waals surface area contributed by atoms with Crippen molar-refractivity contribution in [2.75, 3.05) is 0 Å². The highest BCUT2D eigenvalue weighted by Gasteiger charge is 2.69. The van der Waals surface area contributed by atoms with Gasteiger partial charge in [-0.3, -0.25) is 9.59 Å². The van der Waals surface area contributed by atoms with Crippen LogP contribution in [0.3, 0.4) is 0 Å². The van der Waals surface area contributed by atoms with E-state index < -0.39 is 17.3 Å². The van der Waals surface area contributed by atoms with Crippen LogP contribution in [0.5, 0.6) is 0 Å². The van der Waals surface area contributed by atoms with E-state index in [1.807, 2.05) is 0 Å². The van der Waals surface area contributed by atoms with E-state index in [2.05, 4.69) is 40.7 Å². The fourth-order valence-corrected chi connectivity index (χ4v) is 9.75.